The maximum absolute atomic E-state index is 5.95. The predicted molar refractivity (Wildman–Crippen MR) is 75.6 cm³/mol. The highest BCUT2D eigenvalue weighted by atomic mass is 15.1. The lowest BCUT2D eigenvalue weighted by molar-refractivity contribution is 0.556. The summed E-state index contributed by atoms with van der Waals surface area (Å²) < 4.78 is 0. The number of nitrogens with zero attached hydrogens (tertiary/aromatic N) is 1. The molecule has 0 bridgehead atoms. The summed E-state index contributed by atoms with van der Waals surface area (Å²) in [6.07, 6.45) is 3.97. The fourth-order valence-electron chi connectivity index (χ4n) is 2.58. The molecule has 1 aliphatic rings. The zero-order chi connectivity index (χ0) is 12.5. The van der Waals surface area contributed by atoms with Crippen molar-refractivity contribution >= 4 is 11.4 Å². The SMILES string of the molecule is CC(C)(C)c1ccc(N)cc1N1CCCCC1. The average Bonchev–Trinajstić information content (AvgIpc) is 2.28. The minimum Gasteiger partial charge on any atom is -0.399 e. The molecule has 1 aromatic rings. The second-order valence-electron chi connectivity index (χ2n) is 6.07. The number of hydrogen-bond donors (Lipinski definition) is 1. The van der Waals surface area contributed by atoms with Gasteiger partial charge in [0.15, 0.2) is 0 Å². The van der Waals surface area contributed by atoms with Crippen LogP contribution < -0.4 is 10.6 Å². The van der Waals surface area contributed by atoms with E-state index in [0.717, 1.165) is 5.69 Å². The summed E-state index contributed by atoms with van der Waals surface area (Å²) in [4.78, 5) is 2.50. The van der Waals surface area contributed by atoms with Crippen LogP contribution in [0.2, 0.25) is 0 Å². The van der Waals surface area contributed by atoms with Crippen molar-refractivity contribution < 1.29 is 0 Å². The van der Waals surface area contributed by atoms with Crippen LogP contribution in [0.15, 0.2) is 18.2 Å². The molecule has 0 amide bonds. The highest BCUT2D eigenvalue weighted by Gasteiger charge is 2.22. The molecule has 94 valence electrons. The molecule has 0 spiro atoms. The third-order valence-electron chi connectivity index (χ3n) is 3.53. The molecule has 2 heteroatoms. The van der Waals surface area contributed by atoms with Crippen molar-refractivity contribution in [1.82, 2.24) is 0 Å². The first kappa shape index (κ1) is 12.3. The molecule has 1 heterocycles. The van der Waals surface area contributed by atoms with Gasteiger partial charge < -0.3 is 10.6 Å². The lowest BCUT2D eigenvalue weighted by Crippen LogP contribution is -2.31. The average molecular weight is 232 g/mol. The van der Waals surface area contributed by atoms with E-state index in [1.54, 1.807) is 0 Å². The largest absolute Gasteiger partial charge is 0.399 e. The van der Waals surface area contributed by atoms with Gasteiger partial charge in [-0.05, 0) is 42.4 Å². The van der Waals surface area contributed by atoms with Gasteiger partial charge in [0.25, 0.3) is 0 Å². The van der Waals surface area contributed by atoms with E-state index in [-0.39, 0.29) is 5.41 Å². The predicted octanol–water partition coefficient (Wildman–Crippen LogP) is 3.56. The molecule has 2 N–H and O–H groups in total. The molecule has 1 aromatic carbocycles. The first-order chi connectivity index (χ1) is 7.98. The van der Waals surface area contributed by atoms with Gasteiger partial charge in [-0.1, -0.05) is 26.8 Å². The van der Waals surface area contributed by atoms with Crippen LogP contribution in [0.3, 0.4) is 0 Å². The molecule has 17 heavy (non-hydrogen) atoms. The van der Waals surface area contributed by atoms with Gasteiger partial charge in [0, 0.05) is 24.5 Å². The molecule has 0 unspecified atom stereocenters. The maximum atomic E-state index is 5.95. The Bertz CT molecular complexity index is 384. The quantitative estimate of drug-likeness (QED) is 0.750. The number of nitrogen functional groups attached to an aromatic ring is 1. The van der Waals surface area contributed by atoms with E-state index in [2.05, 4.69) is 37.8 Å². The zero-order valence-electron chi connectivity index (χ0n) is 11.3. The molecule has 1 saturated heterocycles. The van der Waals surface area contributed by atoms with E-state index >= 15 is 0 Å². The van der Waals surface area contributed by atoms with E-state index in [1.807, 2.05) is 6.07 Å². The van der Waals surface area contributed by atoms with Gasteiger partial charge in [0.1, 0.15) is 0 Å². The Kier molecular flexibility index (Phi) is 3.32. The van der Waals surface area contributed by atoms with Crippen molar-refractivity contribution in [3.63, 3.8) is 0 Å². The number of hydrogen-bond acceptors (Lipinski definition) is 2. The van der Waals surface area contributed by atoms with Gasteiger partial charge in [-0.2, -0.15) is 0 Å². The zero-order valence-corrected chi connectivity index (χ0v) is 11.3. The Labute approximate surface area is 105 Å². The Morgan fingerprint density at radius 2 is 1.71 bits per heavy atom. The molecule has 0 aromatic heterocycles. The lowest BCUT2D eigenvalue weighted by Gasteiger charge is -2.34. The minimum absolute atomic E-state index is 0.181. The highest BCUT2D eigenvalue weighted by molar-refractivity contribution is 5.63. The summed E-state index contributed by atoms with van der Waals surface area (Å²) in [6, 6.07) is 6.36. The summed E-state index contributed by atoms with van der Waals surface area (Å²) in [6.45, 7) is 9.16. The van der Waals surface area contributed by atoms with Gasteiger partial charge in [-0.25, -0.2) is 0 Å². The van der Waals surface area contributed by atoms with Crippen LogP contribution in [0.25, 0.3) is 0 Å². The van der Waals surface area contributed by atoms with Gasteiger partial charge in [0.05, 0.1) is 0 Å². The molecule has 0 radical (unpaired) electrons. The summed E-state index contributed by atoms with van der Waals surface area (Å²) in [5.74, 6) is 0. The fraction of sp³-hybridized carbons (Fsp3) is 0.600. The normalized spacial score (nSPS) is 17.2. The van der Waals surface area contributed by atoms with Crippen LogP contribution in [0.5, 0.6) is 0 Å². The first-order valence-electron chi connectivity index (χ1n) is 6.63. The number of nitrogens with two attached hydrogens (primary N) is 1. The molecule has 0 atom stereocenters. The Balaban J connectivity index is 2.39. The van der Waals surface area contributed by atoms with E-state index in [0.29, 0.717) is 0 Å². The summed E-state index contributed by atoms with van der Waals surface area (Å²) in [5.41, 5.74) is 9.76. The Hall–Kier alpha value is -1.18. The highest BCUT2D eigenvalue weighted by Crippen LogP contribution is 2.34. The van der Waals surface area contributed by atoms with Gasteiger partial charge in [-0.3, -0.25) is 0 Å². The van der Waals surface area contributed by atoms with Crippen LogP contribution in [-0.4, -0.2) is 13.1 Å². The van der Waals surface area contributed by atoms with Crippen molar-refractivity contribution in [2.75, 3.05) is 23.7 Å². The molecule has 2 rings (SSSR count). The standard InChI is InChI=1S/C15H24N2/c1-15(2,3)13-8-7-12(16)11-14(13)17-9-5-4-6-10-17/h7-8,11H,4-6,9-10,16H2,1-3H3. The van der Waals surface area contributed by atoms with Crippen molar-refractivity contribution in [3.05, 3.63) is 23.8 Å². The summed E-state index contributed by atoms with van der Waals surface area (Å²) >= 11 is 0. The maximum Gasteiger partial charge on any atom is 0.0424 e. The van der Waals surface area contributed by atoms with Crippen molar-refractivity contribution in [2.24, 2.45) is 0 Å². The van der Waals surface area contributed by atoms with E-state index in [9.17, 15) is 0 Å². The molecular formula is C15H24N2. The van der Waals surface area contributed by atoms with E-state index in [1.165, 1.54) is 43.6 Å². The minimum atomic E-state index is 0.181. The molecule has 1 fully saturated rings. The number of piperidine rings is 1. The van der Waals surface area contributed by atoms with Crippen LogP contribution >= 0.6 is 0 Å². The monoisotopic (exact) mass is 232 g/mol. The van der Waals surface area contributed by atoms with Crippen LogP contribution in [0, 0.1) is 0 Å². The topological polar surface area (TPSA) is 29.3 Å². The van der Waals surface area contributed by atoms with Crippen molar-refractivity contribution in [1.29, 1.82) is 0 Å². The number of benzene rings is 1. The Morgan fingerprint density at radius 1 is 1.06 bits per heavy atom. The first-order valence-corrected chi connectivity index (χ1v) is 6.63. The third-order valence-corrected chi connectivity index (χ3v) is 3.53. The molecule has 1 aliphatic heterocycles. The second kappa shape index (κ2) is 4.59. The van der Waals surface area contributed by atoms with Crippen LogP contribution in [0.4, 0.5) is 11.4 Å². The van der Waals surface area contributed by atoms with Gasteiger partial charge in [0.2, 0.25) is 0 Å². The fourth-order valence-corrected chi connectivity index (χ4v) is 2.58. The van der Waals surface area contributed by atoms with Crippen molar-refractivity contribution in [3.8, 4) is 0 Å². The van der Waals surface area contributed by atoms with Crippen LogP contribution in [0.1, 0.15) is 45.6 Å². The molecule has 0 saturated carbocycles. The molecular weight excluding hydrogens is 208 g/mol. The van der Waals surface area contributed by atoms with Crippen LogP contribution in [-0.2, 0) is 5.41 Å². The van der Waals surface area contributed by atoms with Crippen molar-refractivity contribution in [2.45, 2.75) is 45.4 Å². The van der Waals surface area contributed by atoms with Gasteiger partial charge >= 0.3 is 0 Å². The van der Waals surface area contributed by atoms with E-state index < -0.39 is 0 Å². The molecule has 2 nitrogen and oxygen atoms in total. The van der Waals surface area contributed by atoms with E-state index in [4.69, 9.17) is 5.73 Å². The second-order valence-corrected chi connectivity index (χ2v) is 6.07. The third kappa shape index (κ3) is 2.74. The Morgan fingerprint density at radius 3 is 2.29 bits per heavy atom. The number of rotatable bonds is 1. The smallest absolute Gasteiger partial charge is 0.0424 e. The molecule has 0 aliphatic carbocycles. The summed E-state index contributed by atoms with van der Waals surface area (Å²) in [5, 5.41) is 0. The summed E-state index contributed by atoms with van der Waals surface area (Å²) in [7, 11) is 0. The van der Waals surface area contributed by atoms with Gasteiger partial charge in [-0.15, -0.1) is 0 Å². The lowest BCUT2D eigenvalue weighted by atomic mass is 9.85. The number of anilines is 2.